The largest absolute Gasteiger partial charge is 0.488 e. The van der Waals surface area contributed by atoms with Crippen LogP contribution in [0.2, 0.25) is 0 Å². The summed E-state index contributed by atoms with van der Waals surface area (Å²) < 4.78 is 5.78. The van der Waals surface area contributed by atoms with Gasteiger partial charge in [-0.1, -0.05) is 37.3 Å². The topological polar surface area (TPSA) is 46.5 Å². The fourth-order valence-corrected chi connectivity index (χ4v) is 2.43. The second kappa shape index (κ2) is 5.10. The zero-order valence-electron chi connectivity index (χ0n) is 11.3. The number of hydrogen-bond acceptors (Lipinski definition) is 3. The van der Waals surface area contributed by atoms with Gasteiger partial charge in [0.15, 0.2) is 5.78 Å². The van der Waals surface area contributed by atoms with Crippen LogP contribution in [0.4, 0.5) is 0 Å². The molecule has 1 N–H and O–H groups in total. The molecule has 0 spiro atoms. The SMILES string of the molecule is C[C@H](CO)c1ccc2c(c1)OCc1ccccc1C2=O. The average Bonchev–Trinajstić information content (AvgIpc) is 2.64. The lowest BCUT2D eigenvalue weighted by atomic mass is 9.95. The number of ketones is 1. The molecule has 0 saturated heterocycles. The van der Waals surface area contributed by atoms with Crippen LogP contribution in [0.5, 0.6) is 5.75 Å². The molecule has 20 heavy (non-hydrogen) atoms. The van der Waals surface area contributed by atoms with Crippen molar-refractivity contribution in [3.8, 4) is 5.75 Å². The Morgan fingerprint density at radius 1 is 1.20 bits per heavy atom. The minimum absolute atomic E-state index is 0.00342. The zero-order valence-corrected chi connectivity index (χ0v) is 11.3. The summed E-state index contributed by atoms with van der Waals surface area (Å²) in [5.41, 5.74) is 3.17. The molecule has 102 valence electrons. The van der Waals surface area contributed by atoms with E-state index in [1.54, 1.807) is 6.07 Å². The zero-order chi connectivity index (χ0) is 14.1. The quantitative estimate of drug-likeness (QED) is 0.911. The van der Waals surface area contributed by atoms with Gasteiger partial charge in [-0.05, 0) is 17.7 Å². The third kappa shape index (κ3) is 2.10. The van der Waals surface area contributed by atoms with Crippen molar-refractivity contribution >= 4 is 5.78 Å². The van der Waals surface area contributed by atoms with Gasteiger partial charge in [-0.2, -0.15) is 0 Å². The van der Waals surface area contributed by atoms with Crippen LogP contribution in [0.3, 0.4) is 0 Å². The van der Waals surface area contributed by atoms with Crippen molar-refractivity contribution in [2.24, 2.45) is 0 Å². The van der Waals surface area contributed by atoms with E-state index in [0.29, 0.717) is 23.5 Å². The van der Waals surface area contributed by atoms with Crippen LogP contribution in [0.15, 0.2) is 42.5 Å². The molecule has 0 saturated carbocycles. The molecule has 1 aliphatic rings. The molecule has 0 fully saturated rings. The molecule has 2 aromatic carbocycles. The second-order valence-electron chi connectivity index (χ2n) is 5.11. The Bertz CT molecular complexity index is 661. The van der Waals surface area contributed by atoms with Crippen molar-refractivity contribution in [3.05, 3.63) is 64.7 Å². The molecular formula is C17H16O3. The van der Waals surface area contributed by atoms with Gasteiger partial charge in [-0.3, -0.25) is 4.79 Å². The van der Waals surface area contributed by atoms with Crippen molar-refractivity contribution in [1.82, 2.24) is 0 Å². The fourth-order valence-electron chi connectivity index (χ4n) is 2.43. The Kier molecular flexibility index (Phi) is 3.28. The Morgan fingerprint density at radius 2 is 2.00 bits per heavy atom. The van der Waals surface area contributed by atoms with Gasteiger partial charge in [0, 0.05) is 23.7 Å². The Hall–Kier alpha value is -2.13. The lowest BCUT2D eigenvalue weighted by Crippen LogP contribution is -2.04. The van der Waals surface area contributed by atoms with E-state index in [2.05, 4.69) is 0 Å². The van der Waals surface area contributed by atoms with Crippen molar-refractivity contribution in [1.29, 1.82) is 0 Å². The number of rotatable bonds is 2. The van der Waals surface area contributed by atoms with Crippen LogP contribution in [-0.4, -0.2) is 17.5 Å². The van der Waals surface area contributed by atoms with Gasteiger partial charge >= 0.3 is 0 Å². The summed E-state index contributed by atoms with van der Waals surface area (Å²) in [6.07, 6.45) is 0. The normalized spacial score (nSPS) is 14.8. The van der Waals surface area contributed by atoms with Gasteiger partial charge < -0.3 is 9.84 Å². The molecule has 1 heterocycles. The van der Waals surface area contributed by atoms with Crippen LogP contribution >= 0.6 is 0 Å². The number of ether oxygens (including phenoxy) is 1. The summed E-state index contributed by atoms with van der Waals surface area (Å²) in [5.74, 6) is 0.630. The predicted molar refractivity (Wildman–Crippen MR) is 76.1 cm³/mol. The molecule has 0 amide bonds. The van der Waals surface area contributed by atoms with Crippen molar-refractivity contribution in [2.75, 3.05) is 6.61 Å². The van der Waals surface area contributed by atoms with E-state index in [0.717, 1.165) is 11.1 Å². The molecule has 0 unspecified atom stereocenters. The van der Waals surface area contributed by atoms with Crippen LogP contribution in [0.1, 0.15) is 39.9 Å². The van der Waals surface area contributed by atoms with Crippen molar-refractivity contribution in [2.45, 2.75) is 19.4 Å². The van der Waals surface area contributed by atoms with Gasteiger partial charge in [0.05, 0.1) is 5.56 Å². The summed E-state index contributed by atoms with van der Waals surface area (Å²) in [5, 5.41) is 9.23. The standard InChI is InChI=1S/C17H16O3/c1-11(9-18)12-6-7-15-16(8-12)20-10-13-4-2-3-5-14(13)17(15)19/h2-8,11,18H,9-10H2,1H3/t11-/m1/s1. The number of hydrogen-bond donors (Lipinski definition) is 1. The monoisotopic (exact) mass is 268 g/mol. The maximum absolute atomic E-state index is 12.5. The number of fused-ring (bicyclic) bond motifs is 2. The number of aliphatic hydroxyl groups excluding tert-OH is 1. The molecule has 0 bridgehead atoms. The molecule has 3 rings (SSSR count). The van der Waals surface area contributed by atoms with Crippen LogP contribution < -0.4 is 4.74 Å². The summed E-state index contributed by atoms with van der Waals surface area (Å²) in [7, 11) is 0. The Balaban J connectivity index is 2.07. The average molecular weight is 268 g/mol. The minimum Gasteiger partial charge on any atom is -0.488 e. The second-order valence-corrected chi connectivity index (χ2v) is 5.11. The van der Waals surface area contributed by atoms with Gasteiger partial charge in [0.1, 0.15) is 12.4 Å². The smallest absolute Gasteiger partial charge is 0.197 e. The van der Waals surface area contributed by atoms with Crippen molar-refractivity contribution in [3.63, 3.8) is 0 Å². The van der Waals surface area contributed by atoms with E-state index in [1.807, 2.05) is 43.3 Å². The molecule has 0 aromatic heterocycles. The van der Waals surface area contributed by atoms with Gasteiger partial charge in [0.25, 0.3) is 0 Å². The highest BCUT2D eigenvalue weighted by Crippen LogP contribution is 2.31. The number of carbonyl (C=O) groups excluding carboxylic acids is 1. The number of carbonyl (C=O) groups is 1. The molecule has 3 nitrogen and oxygen atoms in total. The predicted octanol–water partition coefficient (Wildman–Crippen LogP) is 2.91. The molecule has 1 atom stereocenters. The van der Waals surface area contributed by atoms with E-state index < -0.39 is 0 Å². The van der Waals surface area contributed by atoms with E-state index >= 15 is 0 Å². The van der Waals surface area contributed by atoms with E-state index in [9.17, 15) is 9.90 Å². The lowest BCUT2D eigenvalue weighted by Gasteiger charge is -2.12. The maximum Gasteiger partial charge on any atom is 0.197 e. The number of benzene rings is 2. The highest BCUT2D eigenvalue weighted by molar-refractivity contribution is 6.12. The Labute approximate surface area is 117 Å². The first kappa shape index (κ1) is 12.9. The molecule has 0 aliphatic carbocycles. The number of aliphatic hydroxyl groups is 1. The highest BCUT2D eigenvalue weighted by Gasteiger charge is 2.22. The molecular weight excluding hydrogens is 252 g/mol. The minimum atomic E-state index is -0.00342. The first-order valence-corrected chi connectivity index (χ1v) is 6.71. The Morgan fingerprint density at radius 3 is 2.80 bits per heavy atom. The van der Waals surface area contributed by atoms with E-state index in [1.165, 1.54) is 0 Å². The fraction of sp³-hybridized carbons (Fsp3) is 0.235. The van der Waals surface area contributed by atoms with Crippen LogP contribution in [0, 0.1) is 0 Å². The molecule has 3 heteroatoms. The van der Waals surface area contributed by atoms with Crippen LogP contribution in [-0.2, 0) is 6.61 Å². The molecule has 1 aliphatic heterocycles. The first-order chi connectivity index (χ1) is 9.70. The summed E-state index contributed by atoms with van der Waals surface area (Å²) >= 11 is 0. The van der Waals surface area contributed by atoms with Crippen molar-refractivity contribution < 1.29 is 14.6 Å². The third-order valence-electron chi connectivity index (χ3n) is 3.74. The first-order valence-electron chi connectivity index (χ1n) is 6.71. The molecule has 0 radical (unpaired) electrons. The van der Waals surface area contributed by atoms with Gasteiger partial charge in [-0.25, -0.2) is 0 Å². The van der Waals surface area contributed by atoms with Gasteiger partial charge in [0.2, 0.25) is 0 Å². The van der Waals surface area contributed by atoms with Gasteiger partial charge in [-0.15, -0.1) is 0 Å². The molecule has 2 aromatic rings. The van der Waals surface area contributed by atoms with Crippen LogP contribution in [0.25, 0.3) is 0 Å². The highest BCUT2D eigenvalue weighted by atomic mass is 16.5. The maximum atomic E-state index is 12.5. The summed E-state index contributed by atoms with van der Waals surface area (Å²) in [4.78, 5) is 12.5. The summed E-state index contributed by atoms with van der Waals surface area (Å²) in [6.45, 7) is 2.41. The lowest BCUT2D eigenvalue weighted by molar-refractivity contribution is 0.103. The third-order valence-corrected chi connectivity index (χ3v) is 3.74. The van der Waals surface area contributed by atoms with E-state index in [4.69, 9.17) is 4.74 Å². The van der Waals surface area contributed by atoms with E-state index in [-0.39, 0.29) is 18.3 Å². The summed E-state index contributed by atoms with van der Waals surface area (Å²) in [6, 6.07) is 13.1.